The zero-order valence-corrected chi connectivity index (χ0v) is 25.3. The molecule has 0 saturated carbocycles. The molecule has 12 heteroatoms. The Hall–Kier alpha value is -0.620. The van der Waals surface area contributed by atoms with Gasteiger partial charge in [-0.05, 0) is 55.4 Å². The van der Waals surface area contributed by atoms with E-state index in [-0.39, 0.29) is 0 Å². The Balaban J connectivity index is 3.45. The van der Waals surface area contributed by atoms with Gasteiger partial charge in [-0.2, -0.15) is 0 Å². The van der Waals surface area contributed by atoms with Crippen molar-refractivity contribution in [2.24, 2.45) is 0 Å². The molecule has 1 atom stereocenters. The molecule has 0 bridgehead atoms. The molecule has 1 unspecified atom stereocenters. The third-order valence-electron chi connectivity index (χ3n) is 4.32. The summed E-state index contributed by atoms with van der Waals surface area (Å²) < 4.78 is 46.6. The van der Waals surface area contributed by atoms with Crippen LogP contribution >= 0.6 is 8.53 Å². The number of hydrogen-bond acceptors (Lipinski definition) is 10. The molecule has 37 heavy (non-hydrogen) atoms. The molecule has 1 N–H and O–H groups in total. The van der Waals surface area contributed by atoms with Crippen LogP contribution in [0.4, 0.5) is 4.79 Å². The highest BCUT2D eigenvalue weighted by Crippen LogP contribution is 2.45. The molecule has 1 amide bonds. The van der Waals surface area contributed by atoms with Gasteiger partial charge in [0.15, 0.2) is 0 Å². The molecular formula is C25H53N2O9P. The topological polar surface area (TPSA) is 106 Å². The first kappa shape index (κ1) is 36.4. The molecule has 0 rings (SSSR count). The SMILES string of the molecule is CCOP(OCCOCCOCCOCCOCCOCCNC(=O)OC(C)(C)C)N(C(C)C)C(C)C. The Kier molecular flexibility index (Phi) is 22.9. The quantitative estimate of drug-likeness (QED) is 0.139. The summed E-state index contributed by atoms with van der Waals surface area (Å²) in [5, 5.41) is 2.63. The van der Waals surface area contributed by atoms with Crippen molar-refractivity contribution >= 4 is 14.6 Å². The summed E-state index contributed by atoms with van der Waals surface area (Å²) in [6, 6.07) is 0.696. The van der Waals surface area contributed by atoms with Gasteiger partial charge in [0.25, 0.3) is 8.53 Å². The number of alkyl carbamates (subject to hydrolysis) is 1. The van der Waals surface area contributed by atoms with E-state index < -0.39 is 20.2 Å². The van der Waals surface area contributed by atoms with Crippen LogP contribution in [0.5, 0.6) is 0 Å². The van der Waals surface area contributed by atoms with Crippen LogP contribution in [-0.2, 0) is 37.5 Å². The lowest BCUT2D eigenvalue weighted by molar-refractivity contribution is -0.0129. The Morgan fingerprint density at radius 2 is 1.11 bits per heavy atom. The second-order valence-electron chi connectivity index (χ2n) is 9.55. The largest absolute Gasteiger partial charge is 0.444 e. The van der Waals surface area contributed by atoms with Crippen LogP contribution in [-0.4, -0.2) is 114 Å². The van der Waals surface area contributed by atoms with E-state index in [4.69, 9.17) is 37.5 Å². The zero-order valence-electron chi connectivity index (χ0n) is 24.4. The molecule has 222 valence electrons. The van der Waals surface area contributed by atoms with Gasteiger partial charge in [0.2, 0.25) is 0 Å². The van der Waals surface area contributed by atoms with E-state index in [0.29, 0.717) is 97.9 Å². The molecule has 0 heterocycles. The summed E-state index contributed by atoms with van der Waals surface area (Å²) in [5.74, 6) is 0. The van der Waals surface area contributed by atoms with E-state index in [0.717, 1.165) is 0 Å². The van der Waals surface area contributed by atoms with Crippen LogP contribution in [0.2, 0.25) is 0 Å². The van der Waals surface area contributed by atoms with Gasteiger partial charge in [-0.3, -0.25) is 0 Å². The minimum atomic E-state index is -1.08. The van der Waals surface area contributed by atoms with Crippen molar-refractivity contribution in [3.63, 3.8) is 0 Å². The normalized spacial score (nSPS) is 13.1. The summed E-state index contributed by atoms with van der Waals surface area (Å²) in [7, 11) is -1.08. The molecule has 0 radical (unpaired) electrons. The van der Waals surface area contributed by atoms with Crippen molar-refractivity contribution in [3.8, 4) is 0 Å². The van der Waals surface area contributed by atoms with E-state index in [1.54, 1.807) is 0 Å². The minimum absolute atomic E-state index is 0.348. The maximum absolute atomic E-state index is 11.5. The van der Waals surface area contributed by atoms with Gasteiger partial charge in [-0.25, -0.2) is 9.46 Å². The van der Waals surface area contributed by atoms with E-state index in [1.807, 2.05) is 27.7 Å². The van der Waals surface area contributed by atoms with Crippen LogP contribution < -0.4 is 5.32 Å². The van der Waals surface area contributed by atoms with Gasteiger partial charge in [0, 0.05) is 18.6 Å². The van der Waals surface area contributed by atoms with E-state index in [1.165, 1.54) is 0 Å². The van der Waals surface area contributed by atoms with Gasteiger partial charge in [-0.1, -0.05) is 0 Å². The number of hydrogen-bond donors (Lipinski definition) is 1. The third-order valence-corrected chi connectivity index (χ3v) is 6.50. The highest BCUT2D eigenvalue weighted by Gasteiger charge is 2.26. The van der Waals surface area contributed by atoms with E-state index >= 15 is 0 Å². The summed E-state index contributed by atoms with van der Waals surface area (Å²) >= 11 is 0. The number of nitrogens with one attached hydrogen (secondary N) is 1. The number of carbonyl (C=O) groups is 1. The zero-order chi connectivity index (χ0) is 27.9. The first-order valence-corrected chi connectivity index (χ1v) is 14.4. The first-order chi connectivity index (χ1) is 17.6. The lowest BCUT2D eigenvalue weighted by Gasteiger charge is -2.35. The summed E-state index contributed by atoms with van der Waals surface area (Å²) in [5.41, 5.74) is -0.504. The van der Waals surface area contributed by atoms with Gasteiger partial charge in [-0.15, -0.1) is 0 Å². The second-order valence-corrected chi connectivity index (χ2v) is 11.0. The average Bonchev–Trinajstić information content (AvgIpc) is 2.79. The van der Waals surface area contributed by atoms with Crippen molar-refractivity contribution in [1.29, 1.82) is 0 Å². The van der Waals surface area contributed by atoms with E-state index in [9.17, 15) is 4.79 Å². The maximum Gasteiger partial charge on any atom is 0.407 e. The second kappa shape index (κ2) is 23.3. The van der Waals surface area contributed by atoms with Crippen molar-refractivity contribution in [2.75, 3.05) is 85.8 Å². The average molecular weight is 557 g/mol. The number of carbonyl (C=O) groups excluding carboxylic acids is 1. The highest BCUT2D eigenvalue weighted by atomic mass is 31.2. The molecule has 0 aromatic heterocycles. The summed E-state index contributed by atoms with van der Waals surface area (Å²) in [6.07, 6.45) is -0.446. The Bertz CT molecular complexity index is 529. The standard InChI is InChI=1S/C25H53N2O9P/c1-9-34-37(27(22(2)3)23(4)5)35-21-20-33-19-18-32-17-16-31-15-14-30-13-12-29-11-10-26-24(28)36-25(6,7)8/h22-23H,9-21H2,1-8H3,(H,26,28). The Labute approximate surface area is 226 Å². The lowest BCUT2D eigenvalue weighted by Crippen LogP contribution is -2.34. The molecule has 0 fully saturated rings. The molecular weight excluding hydrogens is 503 g/mol. The summed E-state index contributed by atoms with van der Waals surface area (Å²) in [4.78, 5) is 11.5. The van der Waals surface area contributed by atoms with Crippen molar-refractivity contribution in [3.05, 3.63) is 0 Å². The molecule has 0 aliphatic rings. The van der Waals surface area contributed by atoms with Gasteiger partial charge < -0.3 is 42.8 Å². The molecule has 0 aromatic rings. The minimum Gasteiger partial charge on any atom is -0.444 e. The fourth-order valence-electron chi connectivity index (χ4n) is 2.95. The van der Waals surface area contributed by atoms with Crippen LogP contribution in [0.15, 0.2) is 0 Å². The van der Waals surface area contributed by atoms with Crippen LogP contribution in [0.1, 0.15) is 55.4 Å². The number of rotatable bonds is 24. The van der Waals surface area contributed by atoms with Crippen molar-refractivity contribution < 1.29 is 42.3 Å². The van der Waals surface area contributed by atoms with Crippen LogP contribution in [0, 0.1) is 0 Å². The van der Waals surface area contributed by atoms with E-state index in [2.05, 4.69) is 37.7 Å². The number of amides is 1. The summed E-state index contributed by atoms with van der Waals surface area (Å²) in [6.45, 7) is 22.3. The maximum atomic E-state index is 11.5. The van der Waals surface area contributed by atoms with Gasteiger partial charge >= 0.3 is 6.09 Å². The molecule has 0 aliphatic carbocycles. The number of ether oxygens (including phenoxy) is 6. The highest BCUT2D eigenvalue weighted by molar-refractivity contribution is 7.44. The molecule has 0 saturated heterocycles. The monoisotopic (exact) mass is 556 g/mol. The van der Waals surface area contributed by atoms with Gasteiger partial charge in [0.1, 0.15) is 5.60 Å². The Morgan fingerprint density at radius 3 is 1.49 bits per heavy atom. The fourth-order valence-corrected chi connectivity index (χ4v) is 4.50. The van der Waals surface area contributed by atoms with Crippen LogP contribution in [0.3, 0.4) is 0 Å². The lowest BCUT2D eigenvalue weighted by atomic mass is 10.2. The fraction of sp³-hybridized carbons (Fsp3) is 0.960. The first-order valence-electron chi connectivity index (χ1n) is 13.3. The third kappa shape index (κ3) is 23.0. The predicted molar refractivity (Wildman–Crippen MR) is 145 cm³/mol. The van der Waals surface area contributed by atoms with Crippen molar-refractivity contribution in [1.82, 2.24) is 9.99 Å². The predicted octanol–water partition coefficient (Wildman–Crippen LogP) is 3.99. The van der Waals surface area contributed by atoms with Gasteiger partial charge in [0.05, 0.1) is 79.3 Å². The smallest absolute Gasteiger partial charge is 0.407 e. The Morgan fingerprint density at radius 1 is 0.703 bits per heavy atom. The van der Waals surface area contributed by atoms with Crippen molar-refractivity contribution in [2.45, 2.75) is 73.1 Å². The number of nitrogens with zero attached hydrogens (tertiary/aromatic N) is 1. The molecule has 0 spiro atoms. The van der Waals surface area contributed by atoms with Crippen LogP contribution in [0.25, 0.3) is 0 Å². The molecule has 0 aliphatic heterocycles. The molecule has 11 nitrogen and oxygen atoms in total. The molecule has 0 aromatic carbocycles.